The van der Waals surface area contributed by atoms with Gasteiger partial charge in [0.2, 0.25) is 0 Å². The molecule has 1 aliphatic heterocycles. The number of ether oxygens (including phenoxy) is 1. The summed E-state index contributed by atoms with van der Waals surface area (Å²) in [4.78, 5) is 27.6. The maximum Gasteiger partial charge on any atom is 0.414 e. The molecular formula is C20H25N3O5. The van der Waals surface area contributed by atoms with Crippen molar-refractivity contribution in [3.63, 3.8) is 0 Å². The Bertz CT molecular complexity index is 749. The number of carbonyl (C=O) groups is 2. The largest absolute Gasteiger partial charge is 0.496 e. The number of aliphatic carboxylic acids is 2. The van der Waals surface area contributed by atoms with E-state index >= 15 is 0 Å². The van der Waals surface area contributed by atoms with E-state index in [1.165, 1.54) is 5.56 Å². The number of hydrogen-bond acceptors (Lipinski definition) is 6. The number of hydrogen-bond donors (Lipinski definition) is 2. The summed E-state index contributed by atoms with van der Waals surface area (Å²) >= 11 is 0. The molecule has 1 saturated heterocycles. The van der Waals surface area contributed by atoms with Crippen molar-refractivity contribution in [2.45, 2.75) is 13.1 Å². The molecule has 1 aliphatic rings. The Labute approximate surface area is 164 Å². The molecule has 1 aromatic heterocycles. The van der Waals surface area contributed by atoms with Gasteiger partial charge in [-0.1, -0.05) is 24.3 Å². The molecule has 8 heteroatoms. The summed E-state index contributed by atoms with van der Waals surface area (Å²) in [5, 5.41) is 14.8. The van der Waals surface area contributed by atoms with E-state index in [2.05, 4.69) is 39.0 Å². The highest BCUT2D eigenvalue weighted by atomic mass is 16.5. The van der Waals surface area contributed by atoms with E-state index in [4.69, 9.17) is 24.5 Å². The number of rotatable bonds is 5. The van der Waals surface area contributed by atoms with Gasteiger partial charge >= 0.3 is 11.9 Å². The topological polar surface area (TPSA) is 103 Å². The maximum absolute atomic E-state index is 9.10. The Kier molecular flexibility index (Phi) is 8.38. The fourth-order valence-electron chi connectivity index (χ4n) is 2.90. The molecule has 150 valence electrons. The predicted molar refractivity (Wildman–Crippen MR) is 103 cm³/mol. The van der Waals surface area contributed by atoms with E-state index in [1.807, 2.05) is 24.4 Å². The second-order valence-electron chi connectivity index (χ2n) is 6.30. The van der Waals surface area contributed by atoms with Crippen molar-refractivity contribution in [3.05, 3.63) is 59.9 Å². The summed E-state index contributed by atoms with van der Waals surface area (Å²) in [6.07, 6.45) is 1.87. The molecule has 0 aliphatic carbocycles. The maximum atomic E-state index is 9.10. The van der Waals surface area contributed by atoms with Crippen molar-refractivity contribution in [3.8, 4) is 5.75 Å². The smallest absolute Gasteiger partial charge is 0.414 e. The molecule has 0 unspecified atom stereocenters. The number of piperazine rings is 1. The first-order chi connectivity index (χ1) is 13.5. The van der Waals surface area contributed by atoms with Gasteiger partial charge in [-0.05, 0) is 18.2 Å². The van der Waals surface area contributed by atoms with Crippen LogP contribution in [0.4, 0.5) is 0 Å². The molecule has 2 heterocycles. The van der Waals surface area contributed by atoms with Gasteiger partial charge in [0, 0.05) is 51.0 Å². The Morgan fingerprint density at radius 1 is 0.929 bits per heavy atom. The average Bonchev–Trinajstić information content (AvgIpc) is 2.71. The van der Waals surface area contributed by atoms with Gasteiger partial charge < -0.3 is 14.9 Å². The normalized spacial score (nSPS) is 14.6. The molecule has 0 saturated carbocycles. The van der Waals surface area contributed by atoms with Crippen LogP contribution in [0.25, 0.3) is 0 Å². The fraction of sp³-hybridized carbons (Fsp3) is 0.350. The highest BCUT2D eigenvalue weighted by molar-refractivity contribution is 6.27. The van der Waals surface area contributed by atoms with Gasteiger partial charge in [0.15, 0.2) is 0 Å². The molecular weight excluding hydrogens is 362 g/mol. The minimum absolute atomic E-state index is 0.948. The van der Waals surface area contributed by atoms with Gasteiger partial charge in [-0.3, -0.25) is 14.8 Å². The van der Waals surface area contributed by atoms with Gasteiger partial charge in [0.1, 0.15) is 5.75 Å². The Morgan fingerprint density at radius 3 is 2.04 bits per heavy atom. The summed E-state index contributed by atoms with van der Waals surface area (Å²) in [6.45, 7) is 6.26. The van der Waals surface area contributed by atoms with Gasteiger partial charge in [0.25, 0.3) is 0 Å². The lowest BCUT2D eigenvalue weighted by molar-refractivity contribution is -0.159. The SMILES string of the molecule is COc1ccccc1CN1CCN(Cc2ccccn2)CC1.O=C(O)C(=O)O. The minimum Gasteiger partial charge on any atom is -0.496 e. The standard InChI is InChI=1S/C18H23N3O.C2H2O4/c1-22-18-8-3-2-6-16(18)14-20-10-12-21(13-11-20)15-17-7-4-5-9-19-17;3-1(4)2(5)6/h2-9H,10-15H2,1H3;(H,3,4)(H,5,6). The van der Waals surface area contributed by atoms with Crippen LogP contribution >= 0.6 is 0 Å². The zero-order valence-corrected chi connectivity index (χ0v) is 15.8. The number of aromatic nitrogens is 1. The molecule has 1 fully saturated rings. The highest BCUT2D eigenvalue weighted by Gasteiger charge is 2.18. The van der Waals surface area contributed by atoms with Crippen LogP contribution in [0.3, 0.4) is 0 Å². The van der Waals surface area contributed by atoms with E-state index in [-0.39, 0.29) is 0 Å². The monoisotopic (exact) mass is 387 g/mol. The third-order valence-electron chi connectivity index (χ3n) is 4.35. The lowest BCUT2D eigenvalue weighted by Gasteiger charge is -2.34. The Morgan fingerprint density at radius 2 is 1.50 bits per heavy atom. The highest BCUT2D eigenvalue weighted by Crippen LogP contribution is 2.20. The number of methoxy groups -OCH3 is 1. The zero-order valence-electron chi connectivity index (χ0n) is 15.8. The van der Waals surface area contributed by atoms with E-state index in [0.29, 0.717) is 0 Å². The van der Waals surface area contributed by atoms with E-state index in [0.717, 1.165) is 50.7 Å². The van der Waals surface area contributed by atoms with Gasteiger partial charge in [-0.15, -0.1) is 0 Å². The van der Waals surface area contributed by atoms with Crippen molar-refractivity contribution in [1.29, 1.82) is 0 Å². The third kappa shape index (κ3) is 6.98. The summed E-state index contributed by atoms with van der Waals surface area (Å²) in [5.41, 5.74) is 2.42. The molecule has 0 atom stereocenters. The summed E-state index contributed by atoms with van der Waals surface area (Å²) < 4.78 is 5.44. The van der Waals surface area contributed by atoms with Crippen molar-refractivity contribution < 1.29 is 24.5 Å². The van der Waals surface area contributed by atoms with Crippen LogP contribution in [0.1, 0.15) is 11.3 Å². The third-order valence-corrected chi connectivity index (χ3v) is 4.35. The predicted octanol–water partition coefficient (Wildman–Crippen LogP) is 1.56. The van der Waals surface area contributed by atoms with Crippen LogP contribution in [-0.4, -0.2) is 70.2 Å². The molecule has 3 rings (SSSR count). The number of pyridine rings is 1. The second kappa shape index (κ2) is 11.0. The molecule has 1 aromatic carbocycles. The van der Waals surface area contributed by atoms with Crippen molar-refractivity contribution in [2.24, 2.45) is 0 Å². The Balaban J connectivity index is 0.000000409. The number of carboxylic acids is 2. The lowest BCUT2D eigenvalue weighted by atomic mass is 10.1. The summed E-state index contributed by atoms with van der Waals surface area (Å²) in [7, 11) is 1.74. The molecule has 0 radical (unpaired) electrons. The van der Waals surface area contributed by atoms with Crippen molar-refractivity contribution >= 4 is 11.9 Å². The molecule has 2 N–H and O–H groups in total. The number of para-hydroxylation sites is 1. The number of benzene rings is 1. The number of carboxylic acid groups (broad SMARTS) is 2. The van der Waals surface area contributed by atoms with Crippen LogP contribution in [0.2, 0.25) is 0 Å². The van der Waals surface area contributed by atoms with Crippen LogP contribution < -0.4 is 4.74 Å². The van der Waals surface area contributed by atoms with Crippen LogP contribution in [-0.2, 0) is 22.7 Å². The van der Waals surface area contributed by atoms with Crippen molar-refractivity contribution in [1.82, 2.24) is 14.8 Å². The van der Waals surface area contributed by atoms with Gasteiger partial charge in [0.05, 0.1) is 12.8 Å². The van der Waals surface area contributed by atoms with Crippen LogP contribution in [0.15, 0.2) is 48.7 Å². The Hall–Kier alpha value is -2.97. The van der Waals surface area contributed by atoms with Crippen molar-refractivity contribution in [2.75, 3.05) is 33.3 Å². The van der Waals surface area contributed by atoms with E-state index in [9.17, 15) is 0 Å². The van der Waals surface area contributed by atoms with E-state index in [1.54, 1.807) is 7.11 Å². The molecule has 28 heavy (non-hydrogen) atoms. The number of nitrogens with zero attached hydrogens (tertiary/aromatic N) is 3. The van der Waals surface area contributed by atoms with Gasteiger partial charge in [-0.2, -0.15) is 0 Å². The fourth-order valence-corrected chi connectivity index (χ4v) is 2.90. The summed E-state index contributed by atoms with van der Waals surface area (Å²) in [5.74, 6) is -2.66. The zero-order chi connectivity index (χ0) is 20.4. The molecule has 0 spiro atoms. The average molecular weight is 387 g/mol. The van der Waals surface area contributed by atoms with Crippen LogP contribution in [0.5, 0.6) is 5.75 Å². The first-order valence-electron chi connectivity index (χ1n) is 8.92. The first kappa shape index (κ1) is 21.3. The lowest BCUT2D eigenvalue weighted by Crippen LogP contribution is -2.45. The van der Waals surface area contributed by atoms with Gasteiger partial charge in [-0.25, -0.2) is 9.59 Å². The minimum atomic E-state index is -1.82. The van der Waals surface area contributed by atoms with E-state index < -0.39 is 11.9 Å². The second-order valence-corrected chi connectivity index (χ2v) is 6.30. The molecule has 8 nitrogen and oxygen atoms in total. The summed E-state index contributed by atoms with van der Waals surface area (Å²) in [6, 6.07) is 14.4. The molecule has 0 bridgehead atoms. The quantitative estimate of drug-likeness (QED) is 0.745. The molecule has 2 aromatic rings. The molecule has 0 amide bonds. The first-order valence-corrected chi connectivity index (χ1v) is 8.92. The van der Waals surface area contributed by atoms with Crippen LogP contribution in [0, 0.1) is 0 Å².